The summed E-state index contributed by atoms with van der Waals surface area (Å²) in [6, 6.07) is 10.0. The molecule has 0 saturated carbocycles. The number of ether oxygens (including phenoxy) is 1. The van der Waals surface area contributed by atoms with Gasteiger partial charge < -0.3 is 9.64 Å². The summed E-state index contributed by atoms with van der Waals surface area (Å²) in [6.07, 6.45) is 2.68. The average molecular weight is 462 g/mol. The Morgan fingerprint density at radius 3 is 2.44 bits per heavy atom. The quantitative estimate of drug-likeness (QED) is 0.431. The molecule has 2 aromatic carbocycles. The topological polar surface area (TPSA) is 126 Å². The minimum absolute atomic E-state index is 0.141. The molecule has 0 radical (unpaired) electrons. The molecule has 0 atom stereocenters. The van der Waals surface area contributed by atoms with Crippen LogP contribution in [0.5, 0.6) is 5.75 Å². The molecule has 2 N–H and O–H groups in total. The second-order valence-corrected chi connectivity index (χ2v) is 9.08. The van der Waals surface area contributed by atoms with Crippen molar-refractivity contribution in [1.29, 1.82) is 0 Å². The molecule has 32 heavy (non-hydrogen) atoms. The number of likely N-dealkylation sites (tertiary alicyclic amines) is 1. The number of sulfonamides is 1. The lowest BCUT2D eigenvalue weighted by Crippen LogP contribution is -2.34. The summed E-state index contributed by atoms with van der Waals surface area (Å²) in [4.78, 5) is 13.1. The zero-order valence-electron chi connectivity index (χ0n) is 18.1. The van der Waals surface area contributed by atoms with Crippen molar-refractivity contribution in [2.24, 2.45) is 5.10 Å². The molecule has 3 rings (SSSR count). The van der Waals surface area contributed by atoms with E-state index < -0.39 is 14.9 Å². The number of benzene rings is 2. The maximum Gasteiger partial charge on any atom is 0.295 e. The van der Waals surface area contributed by atoms with E-state index in [0.717, 1.165) is 50.7 Å². The van der Waals surface area contributed by atoms with Crippen LogP contribution in [0.1, 0.15) is 26.2 Å². The highest BCUT2D eigenvalue weighted by atomic mass is 32.2. The molecule has 1 saturated heterocycles. The van der Waals surface area contributed by atoms with Gasteiger partial charge in [-0.2, -0.15) is 5.10 Å². The van der Waals surface area contributed by atoms with Crippen molar-refractivity contribution in [3.8, 4) is 5.75 Å². The highest BCUT2D eigenvalue weighted by molar-refractivity contribution is 7.92. The van der Waals surface area contributed by atoms with Gasteiger partial charge in [-0.25, -0.2) is 8.42 Å². The minimum Gasteiger partial charge on any atom is -0.497 e. The first-order valence-corrected chi connectivity index (χ1v) is 11.8. The molecule has 10 nitrogen and oxygen atoms in total. The first-order valence-electron chi connectivity index (χ1n) is 10.3. The Balaban J connectivity index is 1.75. The summed E-state index contributed by atoms with van der Waals surface area (Å²) in [6.45, 7) is 5.00. The Kier molecular flexibility index (Phi) is 7.65. The van der Waals surface area contributed by atoms with Gasteiger partial charge in [0.2, 0.25) is 0 Å². The molecule has 0 unspecified atom stereocenters. The number of nitrogens with zero attached hydrogens (tertiary/aromatic N) is 3. The second kappa shape index (κ2) is 10.4. The van der Waals surface area contributed by atoms with Crippen LogP contribution < -0.4 is 14.9 Å². The maximum absolute atomic E-state index is 12.7. The van der Waals surface area contributed by atoms with Crippen molar-refractivity contribution < 1.29 is 18.1 Å². The molecule has 2 aromatic rings. The summed E-state index contributed by atoms with van der Waals surface area (Å²) in [7, 11) is -2.51. The summed E-state index contributed by atoms with van der Waals surface area (Å²) < 4.78 is 32.9. The lowest BCUT2D eigenvalue weighted by atomic mass is 10.1. The number of nitro benzene ring substituents is 1. The molecular formula is C21H27N5O5S. The van der Waals surface area contributed by atoms with Crippen LogP contribution in [0, 0.1) is 10.1 Å². The summed E-state index contributed by atoms with van der Waals surface area (Å²) >= 11 is 0. The fraction of sp³-hybridized carbons (Fsp3) is 0.381. The smallest absolute Gasteiger partial charge is 0.295 e. The molecule has 1 aliphatic rings. The SMILES string of the molecule is CCCN1CCC(=NNc2ccc(S(=O)(=O)Nc3ccc(OC)cc3)cc2[N+](=O)[O-])CC1. The van der Waals surface area contributed by atoms with Gasteiger partial charge in [0.05, 0.1) is 16.9 Å². The predicted octanol–water partition coefficient (Wildman–Crippen LogP) is 3.68. The Morgan fingerprint density at radius 2 is 1.84 bits per heavy atom. The normalized spacial score (nSPS) is 14.6. The average Bonchev–Trinajstić information content (AvgIpc) is 2.79. The summed E-state index contributed by atoms with van der Waals surface area (Å²) in [5.41, 5.74) is 3.78. The third kappa shape index (κ3) is 5.95. The molecule has 0 aliphatic carbocycles. The van der Waals surface area contributed by atoms with E-state index in [1.807, 2.05) is 0 Å². The number of hydrogen-bond acceptors (Lipinski definition) is 8. The standard InChI is InChI=1S/C21H27N5O5S/c1-3-12-25-13-10-16(11-14-25)22-23-20-9-8-19(15-21(20)26(27)28)32(29,30)24-17-4-6-18(31-2)7-5-17/h4-9,15,23-24H,3,10-14H2,1-2H3. The van der Waals surface area contributed by atoms with Crippen LogP contribution >= 0.6 is 0 Å². The number of piperidine rings is 1. The highest BCUT2D eigenvalue weighted by Crippen LogP contribution is 2.29. The fourth-order valence-electron chi connectivity index (χ4n) is 3.40. The number of hydrogen-bond donors (Lipinski definition) is 2. The maximum atomic E-state index is 12.7. The largest absolute Gasteiger partial charge is 0.497 e. The van der Waals surface area contributed by atoms with Crippen LogP contribution in [0.25, 0.3) is 0 Å². The molecular weight excluding hydrogens is 434 g/mol. The van der Waals surface area contributed by atoms with Crippen LogP contribution in [0.15, 0.2) is 52.5 Å². The van der Waals surface area contributed by atoms with Gasteiger partial charge in [0.1, 0.15) is 11.4 Å². The van der Waals surface area contributed by atoms with E-state index in [0.29, 0.717) is 11.4 Å². The van der Waals surface area contributed by atoms with Crippen LogP contribution in [0.4, 0.5) is 17.1 Å². The molecule has 172 valence electrons. The molecule has 0 spiro atoms. The lowest BCUT2D eigenvalue weighted by Gasteiger charge is -2.26. The van der Waals surface area contributed by atoms with Crippen molar-refractivity contribution in [1.82, 2.24) is 4.90 Å². The van der Waals surface area contributed by atoms with Crippen molar-refractivity contribution in [3.05, 3.63) is 52.6 Å². The van der Waals surface area contributed by atoms with E-state index in [1.54, 1.807) is 24.3 Å². The molecule has 1 aliphatic heterocycles. The first kappa shape index (κ1) is 23.5. The number of nitrogens with one attached hydrogen (secondary N) is 2. The van der Waals surface area contributed by atoms with Crippen LogP contribution in [-0.2, 0) is 10.0 Å². The molecule has 1 heterocycles. The molecule has 0 amide bonds. The Bertz CT molecular complexity index is 1080. The number of rotatable bonds is 9. The number of methoxy groups -OCH3 is 1. The van der Waals surface area contributed by atoms with Gasteiger partial charge in [-0.3, -0.25) is 20.3 Å². The molecule has 11 heteroatoms. The molecule has 1 fully saturated rings. The van der Waals surface area contributed by atoms with Crippen LogP contribution in [0.3, 0.4) is 0 Å². The van der Waals surface area contributed by atoms with Gasteiger partial charge in [-0.15, -0.1) is 0 Å². The fourth-order valence-corrected chi connectivity index (χ4v) is 4.48. The van der Waals surface area contributed by atoms with Gasteiger partial charge in [-0.1, -0.05) is 6.92 Å². The number of hydrazone groups is 1. The van der Waals surface area contributed by atoms with Crippen molar-refractivity contribution in [3.63, 3.8) is 0 Å². The van der Waals surface area contributed by atoms with E-state index in [1.165, 1.54) is 19.2 Å². The summed E-state index contributed by atoms with van der Waals surface area (Å²) in [5.74, 6) is 0.580. The van der Waals surface area contributed by atoms with E-state index in [4.69, 9.17) is 4.74 Å². The predicted molar refractivity (Wildman–Crippen MR) is 124 cm³/mol. The number of anilines is 2. The zero-order chi connectivity index (χ0) is 23.1. The van der Waals surface area contributed by atoms with Gasteiger partial charge in [0.25, 0.3) is 15.7 Å². The lowest BCUT2D eigenvalue weighted by molar-refractivity contribution is -0.384. The summed E-state index contributed by atoms with van der Waals surface area (Å²) in [5, 5.41) is 15.9. The van der Waals surface area contributed by atoms with Crippen molar-refractivity contribution in [2.75, 3.05) is 36.9 Å². The van der Waals surface area contributed by atoms with Crippen LogP contribution in [-0.4, -0.2) is 50.7 Å². The van der Waals surface area contributed by atoms with Crippen molar-refractivity contribution >= 4 is 32.8 Å². The second-order valence-electron chi connectivity index (χ2n) is 7.40. The van der Waals surface area contributed by atoms with Crippen molar-refractivity contribution in [2.45, 2.75) is 31.1 Å². The Labute approximate surface area is 187 Å². The van der Waals surface area contributed by atoms with Gasteiger partial charge in [0.15, 0.2) is 0 Å². The Morgan fingerprint density at radius 1 is 1.16 bits per heavy atom. The van der Waals surface area contributed by atoms with Crippen LogP contribution in [0.2, 0.25) is 0 Å². The zero-order valence-corrected chi connectivity index (χ0v) is 18.9. The highest BCUT2D eigenvalue weighted by Gasteiger charge is 2.22. The van der Waals surface area contributed by atoms with E-state index in [-0.39, 0.29) is 16.3 Å². The third-order valence-corrected chi connectivity index (χ3v) is 6.50. The van der Waals surface area contributed by atoms with Gasteiger partial charge >= 0.3 is 0 Å². The van der Waals surface area contributed by atoms with E-state index >= 15 is 0 Å². The van der Waals surface area contributed by atoms with Gasteiger partial charge in [-0.05, 0) is 49.4 Å². The number of nitro groups is 1. The van der Waals surface area contributed by atoms with E-state index in [9.17, 15) is 18.5 Å². The monoisotopic (exact) mass is 461 g/mol. The minimum atomic E-state index is -4.02. The Hall–Kier alpha value is -3.18. The molecule has 0 aromatic heterocycles. The van der Waals surface area contributed by atoms with E-state index in [2.05, 4.69) is 27.1 Å². The van der Waals surface area contributed by atoms with Gasteiger partial charge in [0, 0.05) is 43.4 Å². The first-order chi connectivity index (χ1) is 15.3. The molecule has 0 bridgehead atoms. The third-order valence-electron chi connectivity index (χ3n) is 5.13.